The number of aromatic hydroxyl groups is 1. The topological polar surface area (TPSA) is 44.7 Å². The highest BCUT2D eigenvalue weighted by Crippen LogP contribution is 2.45. The molecule has 1 fully saturated rings. The van der Waals surface area contributed by atoms with Gasteiger partial charge in [-0.3, -0.25) is 9.29 Å². The zero-order valence-corrected chi connectivity index (χ0v) is 15.0. The zero-order chi connectivity index (χ0) is 15.4. The predicted octanol–water partition coefficient (Wildman–Crippen LogP) is 3.23. The number of hydrogen-bond donors (Lipinski definition) is 2. The molecule has 1 aliphatic heterocycles. The maximum atomic E-state index is 13.0. The second-order valence-electron chi connectivity index (χ2n) is 4.92. The lowest BCUT2D eigenvalue weighted by molar-refractivity contribution is 0.156. The third-order valence-corrected chi connectivity index (χ3v) is 5.89. The molecule has 0 unspecified atom stereocenters. The first-order valence-corrected chi connectivity index (χ1v) is 8.44. The maximum Gasteiger partial charge on any atom is 0.173 e. The third kappa shape index (κ3) is 3.70. The van der Waals surface area contributed by atoms with Crippen molar-refractivity contribution in [3.8, 4) is 11.5 Å². The van der Waals surface area contributed by atoms with Crippen molar-refractivity contribution in [2.75, 3.05) is 40.0 Å². The standard InChI is InChI=1S/C14H19Br2FN2O2/c1-21-11-8-9(12(15)13(16)14(11)20)10(2-3-17)19-6-4-18-5-7-19/h8,10,18,20H,2-7H2,1H3/t10-/m1/s1. The highest BCUT2D eigenvalue weighted by molar-refractivity contribution is 9.13. The summed E-state index contributed by atoms with van der Waals surface area (Å²) in [4.78, 5) is 2.26. The smallest absolute Gasteiger partial charge is 0.173 e. The first-order valence-electron chi connectivity index (χ1n) is 6.85. The number of hydrogen-bond acceptors (Lipinski definition) is 4. The van der Waals surface area contributed by atoms with Crippen LogP contribution in [0.2, 0.25) is 0 Å². The Hall–Kier alpha value is -0.370. The molecule has 1 heterocycles. The van der Waals surface area contributed by atoms with Crippen molar-refractivity contribution in [3.05, 3.63) is 20.6 Å². The minimum absolute atomic E-state index is 0.0442. The monoisotopic (exact) mass is 424 g/mol. The molecule has 4 nitrogen and oxygen atoms in total. The predicted molar refractivity (Wildman–Crippen MR) is 87.8 cm³/mol. The van der Waals surface area contributed by atoms with Crippen molar-refractivity contribution in [3.63, 3.8) is 0 Å². The molecular formula is C14H19Br2FN2O2. The molecule has 0 aromatic heterocycles. The molecule has 2 rings (SSSR count). The van der Waals surface area contributed by atoms with Crippen LogP contribution in [0.1, 0.15) is 18.0 Å². The number of benzene rings is 1. The molecule has 21 heavy (non-hydrogen) atoms. The number of phenolic OH excluding ortho intramolecular Hbond substituents is 1. The molecule has 1 atom stereocenters. The molecule has 0 radical (unpaired) electrons. The molecule has 0 aliphatic carbocycles. The van der Waals surface area contributed by atoms with Gasteiger partial charge in [-0.05, 0) is 49.9 Å². The lowest BCUT2D eigenvalue weighted by atomic mass is 10.0. The zero-order valence-electron chi connectivity index (χ0n) is 11.8. The second kappa shape index (κ2) is 7.76. The number of alkyl halides is 1. The Balaban J connectivity index is 2.41. The van der Waals surface area contributed by atoms with Gasteiger partial charge in [0.25, 0.3) is 0 Å². The number of methoxy groups -OCH3 is 1. The summed E-state index contributed by atoms with van der Waals surface area (Å²) in [5, 5.41) is 13.3. The van der Waals surface area contributed by atoms with Crippen LogP contribution in [0, 0.1) is 0 Å². The second-order valence-corrected chi connectivity index (χ2v) is 6.51. The molecule has 1 saturated heterocycles. The highest BCUT2D eigenvalue weighted by atomic mass is 79.9. The summed E-state index contributed by atoms with van der Waals surface area (Å²) in [7, 11) is 1.51. The molecule has 1 aromatic rings. The van der Waals surface area contributed by atoms with E-state index in [-0.39, 0.29) is 18.5 Å². The van der Waals surface area contributed by atoms with Crippen LogP contribution in [0.25, 0.3) is 0 Å². The van der Waals surface area contributed by atoms with Crippen molar-refractivity contribution in [1.29, 1.82) is 0 Å². The summed E-state index contributed by atoms with van der Waals surface area (Å²) in [6.45, 7) is 3.16. The molecule has 7 heteroatoms. The molecule has 0 saturated carbocycles. The summed E-state index contributed by atoms with van der Waals surface area (Å²) in [6, 6.07) is 1.74. The minimum atomic E-state index is -0.387. The van der Waals surface area contributed by atoms with Crippen LogP contribution in [0.4, 0.5) is 4.39 Å². The van der Waals surface area contributed by atoms with E-state index in [1.165, 1.54) is 7.11 Å². The van der Waals surface area contributed by atoms with Gasteiger partial charge >= 0.3 is 0 Å². The van der Waals surface area contributed by atoms with Gasteiger partial charge in [0.1, 0.15) is 0 Å². The lowest BCUT2D eigenvalue weighted by Crippen LogP contribution is -2.45. The first-order chi connectivity index (χ1) is 10.1. The number of halogens is 3. The van der Waals surface area contributed by atoms with Crippen LogP contribution in [0.3, 0.4) is 0 Å². The lowest BCUT2D eigenvalue weighted by Gasteiger charge is -2.35. The van der Waals surface area contributed by atoms with Crippen LogP contribution in [0.5, 0.6) is 11.5 Å². The van der Waals surface area contributed by atoms with E-state index in [2.05, 4.69) is 42.1 Å². The number of nitrogens with one attached hydrogen (secondary N) is 1. The Kier molecular flexibility index (Phi) is 6.28. The van der Waals surface area contributed by atoms with Crippen molar-refractivity contribution in [2.24, 2.45) is 0 Å². The highest BCUT2D eigenvalue weighted by Gasteiger charge is 2.26. The van der Waals surface area contributed by atoms with E-state index in [0.29, 0.717) is 16.6 Å². The van der Waals surface area contributed by atoms with E-state index in [9.17, 15) is 9.50 Å². The third-order valence-electron chi connectivity index (χ3n) is 3.73. The van der Waals surface area contributed by atoms with Crippen LogP contribution >= 0.6 is 31.9 Å². The van der Waals surface area contributed by atoms with Gasteiger partial charge in [0.2, 0.25) is 0 Å². The van der Waals surface area contributed by atoms with Gasteiger partial charge in [-0.1, -0.05) is 0 Å². The summed E-state index contributed by atoms with van der Waals surface area (Å²) in [5.41, 5.74) is 0.927. The number of rotatable bonds is 5. The number of nitrogens with zero attached hydrogens (tertiary/aromatic N) is 1. The van der Waals surface area contributed by atoms with Gasteiger partial charge < -0.3 is 15.2 Å². The van der Waals surface area contributed by atoms with E-state index in [1.54, 1.807) is 6.07 Å². The van der Waals surface area contributed by atoms with E-state index in [4.69, 9.17) is 4.74 Å². The summed E-state index contributed by atoms with van der Waals surface area (Å²) in [5.74, 6) is 0.437. The summed E-state index contributed by atoms with van der Waals surface area (Å²) < 4.78 is 19.5. The minimum Gasteiger partial charge on any atom is -0.503 e. The van der Waals surface area contributed by atoms with E-state index in [1.807, 2.05) is 0 Å². The van der Waals surface area contributed by atoms with E-state index < -0.39 is 0 Å². The molecule has 0 amide bonds. The van der Waals surface area contributed by atoms with Crippen molar-refractivity contribution < 1.29 is 14.2 Å². The maximum absolute atomic E-state index is 13.0. The van der Waals surface area contributed by atoms with Crippen molar-refractivity contribution in [1.82, 2.24) is 10.2 Å². The molecule has 1 aliphatic rings. The molecular weight excluding hydrogens is 407 g/mol. The summed E-state index contributed by atoms with van der Waals surface area (Å²) >= 11 is 6.87. The van der Waals surface area contributed by atoms with Gasteiger partial charge in [-0.25, -0.2) is 0 Å². The number of phenols is 1. The van der Waals surface area contributed by atoms with Crippen LogP contribution in [0.15, 0.2) is 15.0 Å². The van der Waals surface area contributed by atoms with Crippen LogP contribution in [-0.2, 0) is 0 Å². The van der Waals surface area contributed by atoms with Crippen molar-refractivity contribution in [2.45, 2.75) is 12.5 Å². The fourth-order valence-electron chi connectivity index (χ4n) is 2.64. The fraction of sp³-hybridized carbons (Fsp3) is 0.571. The van der Waals surface area contributed by atoms with Crippen molar-refractivity contribution >= 4 is 31.9 Å². The van der Waals surface area contributed by atoms with Gasteiger partial charge in [0.15, 0.2) is 11.5 Å². The largest absolute Gasteiger partial charge is 0.503 e. The molecule has 0 spiro atoms. The Morgan fingerprint density at radius 3 is 2.62 bits per heavy atom. The number of ether oxygens (including phenoxy) is 1. The summed E-state index contributed by atoms with van der Waals surface area (Å²) in [6.07, 6.45) is 0.416. The van der Waals surface area contributed by atoms with E-state index >= 15 is 0 Å². The SMILES string of the molecule is COc1cc([C@@H](CCF)N2CCNCC2)c(Br)c(Br)c1O. The Bertz CT molecular complexity index is 496. The molecule has 2 N–H and O–H groups in total. The average Bonchev–Trinajstić information content (AvgIpc) is 2.52. The Labute approximate surface area is 140 Å². The van der Waals surface area contributed by atoms with Gasteiger partial charge in [-0.2, -0.15) is 0 Å². The Morgan fingerprint density at radius 2 is 2.05 bits per heavy atom. The van der Waals surface area contributed by atoms with Crippen LogP contribution in [-0.4, -0.2) is 50.0 Å². The van der Waals surface area contributed by atoms with E-state index in [0.717, 1.165) is 36.2 Å². The van der Waals surface area contributed by atoms with Gasteiger partial charge in [0, 0.05) is 36.7 Å². The average molecular weight is 426 g/mol. The number of piperazine rings is 1. The molecule has 118 valence electrons. The molecule has 0 bridgehead atoms. The van der Waals surface area contributed by atoms with Gasteiger partial charge in [-0.15, -0.1) is 0 Å². The Morgan fingerprint density at radius 1 is 1.38 bits per heavy atom. The molecule has 1 aromatic carbocycles. The fourth-order valence-corrected chi connectivity index (χ4v) is 3.63. The first kappa shape index (κ1) is 17.0. The van der Waals surface area contributed by atoms with Crippen LogP contribution < -0.4 is 10.1 Å². The normalized spacial score (nSPS) is 17.7. The quantitative estimate of drug-likeness (QED) is 0.760. The van der Waals surface area contributed by atoms with Gasteiger partial charge in [0.05, 0.1) is 18.3 Å².